The third-order valence-corrected chi connectivity index (χ3v) is 8.13. The lowest BCUT2D eigenvalue weighted by molar-refractivity contribution is -0.158. The van der Waals surface area contributed by atoms with E-state index < -0.39 is 43.7 Å². The van der Waals surface area contributed by atoms with E-state index in [4.69, 9.17) is 33.5 Å². The fourth-order valence-electron chi connectivity index (χ4n) is 4.89. The number of ether oxygens (including phenoxy) is 3. The maximum Gasteiger partial charge on any atom is 0.475 e. The molecule has 1 unspecified atom stereocenters. The number of hydrogen-bond donors (Lipinski definition) is 1. The Morgan fingerprint density at radius 2 is 2.07 bits per heavy atom. The number of phosphoric ester groups is 1. The Hall–Kier alpha value is -3.68. The van der Waals surface area contributed by atoms with Crippen molar-refractivity contribution in [1.82, 2.24) is 14.6 Å². The van der Waals surface area contributed by atoms with E-state index in [1.165, 1.54) is 24.1 Å². The van der Waals surface area contributed by atoms with Gasteiger partial charge in [0.2, 0.25) is 0 Å². The van der Waals surface area contributed by atoms with E-state index in [0.29, 0.717) is 16.8 Å². The van der Waals surface area contributed by atoms with Crippen LogP contribution in [0.15, 0.2) is 47.7 Å². The summed E-state index contributed by atoms with van der Waals surface area (Å²) in [5.41, 5.74) is 6.14. The number of anilines is 1. The van der Waals surface area contributed by atoms with Gasteiger partial charge in [0.05, 0.1) is 31.1 Å². The summed E-state index contributed by atoms with van der Waals surface area (Å²) in [7, 11) is -2.69. The van der Waals surface area contributed by atoms with Crippen LogP contribution in [0.25, 0.3) is 5.52 Å². The van der Waals surface area contributed by atoms with E-state index in [-0.39, 0.29) is 37.6 Å². The molecule has 2 aliphatic heterocycles. The molecule has 218 valence electrons. The summed E-state index contributed by atoms with van der Waals surface area (Å²) >= 11 is 0. The standard InChI is InChI=1S/C26H30N5O9P/c1-4-21(32)38-23-22-19(39-26(23,14-28-3)20-11-10-18-24(27)29-15-30-31(18)20)13-37-41(34,40-22)36-12-16-8-6-7-9-17(16)25(33)35-5-2/h6-11,14-15,19,22-23H,4-5,12-13H2,1-3H3,(H2,27,29,30)/t19-,22-,23-,26+,41?/m1/s1. The van der Waals surface area contributed by atoms with E-state index in [9.17, 15) is 14.2 Å². The molecule has 14 nitrogen and oxygen atoms in total. The Kier molecular flexibility index (Phi) is 8.20. The fourth-order valence-corrected chi connectivity index (χ4v) is 6.25. The number of fused-ring (bicyclic) bond motifs is 2. The number of esters is 2. The highest BCUT2D eigenvalue weighted by Gasteiger charge is 2.63. The Balaban J connectivity index is 1.48. The number of aliphatic imine (C=N–C) groups is 1. The van der Waals surface area contributed by atoms with Gasteiger partial charge >= 0.3 is 19.8 Å². The van der Waals surface area contributed by atoms with Crippen LogP contribution in [0.1, 0.15) is 41.9 Å². The summed E-state index contributed by atoms with van der Waals surface area (Å²) in [4.78, 5) is 33.2. The highest BCUT2D eigenvalue weighted by molar-refractivity contribution is 7.48. The number of nitrogens with two attached hydrogens (primary N) is 1. The molecule has 4 heterocycles. The second kappa shape index (κ2) is 11.7. The lowest BCUT2D eigenvalue weighted by Gasteiger charge is -2.33. The number of nitrogens with zero attached hydrogens (tertiary/aromatic N) is 4. The first-order chi connectivity index (χ1) is 19.7. The van der Waals surface area contributed by atoms with E-state index in [2.05, 4.69) is 15.1 Å². The smallest absolute Gasteiger partial charge is 0.462 e. The van der Waals surface area contributed by atoms with Gasteiger partial charge in [-0.2, -0.15) is 5.10 Å². The van der Waals surface area contributed by atoms with Crippen molar-refractivity contribution in [2.45, 2.75) is 50.8 Å². The molecular formula is C26H30N5O9P. The molecule has 2 aromatic heterocycles. The summed E-state index contributed by atoms with van der Waals surface area (Å²) in [6.07, 6.45) is -0.243. The van der Waals surface area contributed by atoms with Crippen LogP contribution in [0.3, 0.4) is 0 Å². The summed E-state index contributed by atoms with van der Waals surface area (Å²) in [6, 6.07) is 10.0. The second-order valence-electron chi connectivity index (χ2n) is 9.23. The SMILES string of the molecule is CCOC(=O)c1ccccc1COP1(=O)OC[C@H]2O[C@@](C=NC)(c3ccc4c(N)ncnn34)[C@H](OC(=O)CC)[C@@H]2O1. The minimum Gasteiger partial charge on any atom is -0.462 e. The van der Waals surface area contributed by atoms with Crippen molar-refractivity contribution >= 4 is 37.3 Å². The summed E-state index contributed by atoms with van der Waals surface area (Å²) in [5.74, 6) is -0.857. The van der Waals surface area contributed by atoms with Crippen molar-refractivity contribution in [2.24, 2.45) is 4.99 Å². The van der Waals surface area contributed by atoms with Gasteiger partial charge in [0.15, 0.2) is 17.5 Å². The normalized spacial score (nSPS) is 27.6. The zero-order valence-corrected chi connectivity index (χ0v) is 23.6. The molecule has 2 N–H and O–H groups in total. The van der Waals surface area contributed by atoms with Crippen LogP contribution >= 0.6 is 7.82 Å². The van der Waals surface area contributed by atoms with Crippen LogP contribution in [-0.4, -0.2) is 71.3 Å². The van der Waals surface area contributed by atoms with E-state index in [0.717, 1.165) is 0 Å². The molecule has 0 saturated carbocycles. The quantitative estimate of drug-likeness (QED) is 0.220. The number of carbonyl (C=O) groups excluding carboxylic acids is 2. The fraction of sp³-hybridized carbons (Fsp3) is 0.423. The van der Waals surface area contributed by atoms with Crippen LogP contribution in [0.2, 0.25) is 0 Å². The molecule has 3 aromatic rings. The van der Waals surface area contributed by atoms with Crippen molar-refractivity contribution in [3.05, 3.63) is 59.5 Å². The van der Waals surface area contributed by atoms with Gasteiger partial charge in [-0.05, 0) is 30.7 Å². The van der Waals surface area contributed by atoms with Crippen LogP contribution < -0.4 is 5.73 Å². The molecule has 2 saturated heterocycles. The highest BCUT2D eigenvalue weighted by atomic mass is 31.2. The zero-order chi connectivity index (χ0) is 29.2. The second-order valence-corrected chi connectivity index (χ2v) is 10.8. The largest absolute Gasteiger partial charge is 0.475 e. The number of carbonyl (C=O) groups is 2. The van der Waals surface area contributed by atoms with Gasteiger partial charge in [0.25, 0.3) is 0 Å². The van der Waals surface area contributed by atoms with Crippen molar-refractivity contribution in [3.63, 3.8) is 0 Å². The van der Waals surface area contributed by atoms with Crippen molar-refractivity contribution in [3.8, 4) is 0 Å². The predicted molar refractivity (Wildman–Crippen MR) is 144 cm³/mol. The van der Waals surface area contributed by atoms with Crippen LogP contribution in [-0.2, 0) is 49.3 Å². The van der Waals surface area contributed by atoms with Gasteiger partial charge in [0, 0.05) is 19.7 Å². The Morgan fingerprint density at radius 1 is 1.27 bits per heavy atom. The summed E-state index contributed by atoms with van der Waals surface area (Å²) < 4.78 is 49.8. The minimum absolute atomic E-state index is 0.0621. The molecule has 0 aliphatic carbocycles. The Labute approximate surface area is 235 Å². The number of rotatable bonds is 9. The molecule has 0 radical (unpaired) electrons. The summed E-state index contributed by atoms with van der Waals surface area (Å²) in [5, 5.41) is 4.31. The van der Waals surface area contributed by atoms with Crippen LogP contribution in [0.5, 0.6) is 0 Å². The molecule has 2 fully saturated rings. The molecule has 1 aromatic carbocycles. The molecule has 2 aliphatic rings. The molecular weight excluding hydrogens is 557 g/mol. The Morgan fingerprint density at radius 3 is 2.83 bits per heavy atom. The molecule has 5 atom stereocenters. The van der Waals surface area contributed by atoms with Crippen LogP contribution in [0.4, 0.5) is 5.82 Å². The first kappa shape index (κ1) is 28.8. The molecule has 5 rings (SSSR count). The van der Waals surface area contributed by atoms with Crippen molar-refractivity contribution in [2.75, 3.05) is 26.0 Å². The molecule has 0 amide bonds. The topological polar surface area (TPSA) is 175 Å². The molecule has 15 heteroatoms. The summed E-state index contributed by atoms with van der Waals surface area (Å²) in [6.45, 7) is 3.05. The highest BCUT2D eigenvalue weighted by Crippen LogP contribution is 2.59. The maximum atomic E-state index is 13.7. The van der Waals surface area contributed by atoms with Crippen molar-refractivity contribution < 1.29 is 41.9 Å². The molecule has 0 spiro atoms. The monoisotopic (exact) mass is 587 g/mol. The number of phosphoric acid groups is 1. The van der Waals surface area contributed by atoms with E-state index in [1.54, 1.807) is 50.2 Å². The predicted octanol–water partition coefficient (Wildman–Crippen LogP) is 2.85. The van der Waals surface area contributed by atoms with Gasteiger partial charge in [0.1, 0.15) is 24.1 Å². The van der Waals surface area contributed by atoms with Gasteiger partial charge in [-0.15, -0.1) is 0 Å². The zero-order valence-electron chi connectivity index (χ0n) is 22.7. The number of benzene rings is 1. The van der Waals surface area contributed by atoms with Gasteiger partial charge in [-0.25, -0.2) is 18.9 Å². The lowest BCUT2D eigenvalue weighted by atomic mass is 9.91. The number of hydrogen-bond acceptors (Lipinski definition) is 13. The van der Waals surface area contributed by atoms with E-state index >= 15 is 0 Å². The average molecular weight is 588 g/mol. The first-order valence-electron chi connectivity index (χ1n) is 13.0. The van der Waals surface area contributed by atoms with Gasteiger partial charge < -0.3 is 19.9 Å². The number of nitrogen functional groups attached to an aromatic ring is 1. The van der Waals surface area contributed by atoms with Gasteiger partial charge in [-0.1, -0.05) is 25.1 Å². The molecule has 41 heavy (non-hydrogen) atoms. The van der Waals surface area contributed by atoms with Gasteiger partial charge in [-0.3, -0.25) is 23.4 Å². The lowest BCUT2D eigenvalue weighted by Crippen LogP contribution is -2.47. The Bertz CT molecular complexity index is 1530. The average Bonchev–Trinajstić information content (AvgIpc) is 3.53. The third-order valence-electron chi connectivity index (χ3n) is 6.72. The maximum absolute atomic E-state index is 13.7. The minimum atomic E-state index is -4.23. The third kappa shape index (κ3) is 5.36. The van der Waals surface area contributed by atoms with E-state index in [1.807, 2.05) is 0 Å². The van der Waals surface area contributed by atoms with Crippen LogP contribution in [0, 0.1) is 0 Å². The molecule has 0 bridgehead atoms. The van der Waals surface area contributed by atoms with Crippen molar-refractivity contribution in [1.29, 1.82) is 0 Å². The number of aromatic nitrogens is 3. The first-order valence-corrected chi connectivity index (χ1v) is 14.4.